The molecule has 0 amide bonds. The van der Waals surface area contributed by atoms with Gasteiger partial charge in [0.2, 0.25) is 5.78 Å². The number of Topliss-reactive ketones (excluding diaryl/α,β-unsaturated/α-hetero) is 1. The number of nitrogens with zero attached hydrogens (tertiary/aromatic N) is 1. The van der Waals surface area contributed by atoms with Crippen LogP contribution in [0.2, 0.25) is 0 Å². The first-order chi connectivity index (χ1) is 6.81. The number of aromatic nitrogens is 1. The Kier molecular flexibility index (Phi) is 3.19. The molecule has 0 spiro atoms. The molecule has 0 saturated carbocycles. The van der Waals surface area contributed by atoms with Crippen LogP contribution in [-0.4, -0.2) is 16.6 Å². The predicted molar refractivity (Wildman–Crippen MR) is 58.4 cm³/mol. The Bertz CT molecular complexity index is 324. The second kappa shape index (κ2) is 4.41. The number of halogens is 1. The van der Waals surface area contributed by atoms with E-state index in [9.17, 15) is 4.79 Å². The van der Waals surface area contributed by atoms with E-state index in [4.69, 9.17) is 11.6 Å². The van der Waals surface area contributed by atoms with Crippen molar-refractivity contribution in [2.75, 3.05) is 5.88 Å². The lowest BCUT2D eigenvalue weighted by Gasteiger charge is -1.91. The van der Waals surface area contributed by atoms with Crippen LogP contribution >= 0.6 is 22.9 Å². The van der Waals surface area contributed by atoms with Crippen molar-refractivity contribution in [2.24, 2.45) is 0 Å². The molecule has 0 aromatic carbocycles. The highest BCUT2D eigenvalue weighted by Crippen LogP contribution is 2.26. The van der Waals surface area contributed by atoms with Gasteiger partial charge in [-0.2, -0.15) is 0 Å². The van der Waals surface area contributed by atoms with Gasteiger partial charge in [-0.3, -0.25) is 4.79 Å². The maximum atomic E-state index is 11.3. The van der Waals surface area contributed by atoms with Crippen LogP contribution in [-0.2, 0) is 12.8 Å². The van der Waals surface area contributed by atoms with Gasteiger partial charge in [-0.1, -0.05) is 6.42 Å². The smallest absolute Gasteiger partial charge is 0.206 e. The minimum Gasteiger partial charge on any atom is -0.290 e. The number of aryl methyl sites for hydroxylation is 2. The number of alkyl halides is 1. The lowest BCUT2D eigenvalue weighted by Crippen LogP contribution is -1.99. The van der Waals surface area contributed by atoms with Crippen LogP contribution in [0.3, 0.4) is 0 Å². The van der Waals surface area contributed by atoms with E-state index in [0.29, 0.717) is 5.01 Å². The van der Waals surface area contributed by atoms with Crippen molar-refractivity contribution in [1.82, 2.24) is 4.98 Å². The van der Waals surface area contributed by atoms with Crippen molar-refractivity contribution in [1.29, 1.82) is 0 Å². The molecule has 76 valence electrons. The molecule has 14 heavy (non-hydrogen) atoms. The van der Waals surface area contributed by atoms with Gasteiger partial charge in [-0.05, 0) is 25.7 Å². The van der Waals surface area contributed by atoms with Crippen LogP contribution < -0.4 is 0 Å². The molecule has 1 heterocycles. The number of thiazole rings is 1. The lowest BCUT2D eigenvalue weighted by atomic mass is 10.2. The highest BCUT2D eigenvalue weighted by atomic mass is 35.5. The van der Waals surface area contributed by atoms with Gasteiger partial charge in [-0.25, -0.2) is 4.98 Å². The summed E-state index contributed by atoms with van der Waals surface area (Å²) in [6.45, 7) is 0. The van der Waals surface area contributed by atoms with E-state index in [0.717, 1.165) is 18.5 Å². The topological polar surface area (TPSA) is 30.0 Å². The van der Waals surface area contributed by atoms with E-state index < -0.39 is 0 Å². The molecule has 0 radical (unpaired) electrons. The summed E-state index contributed by atoms with van der Waals surface area (Å²) in [4.78, 5) is 17.0. The molecule has 0 aliphatic heterocycles. The van der Waals surface area contributed by atoms with Crippen LogP contribution in [0.15, 0.2) is 0 Å². The highest BCUT2D eigenvalue weighted by Gasteiger charge is 2.17. The van der Waals surface area contributed by atoms with E-state index in [2.05, 4.69) is 4.98 Å². The zero-order valence-electron chi connectivity index (χ0n) is 7.88. The zero-order valence-corrected chi connectivity index (χ0v) is 9.46. The van der Waals surface area contributed by atoms with Gasteiger partial charge in [0.05, 0.1) is 11.6 Å². The van der Waals surface area contributed by atoms with Gasteiger partial charge in [0.15, 0.2) is 5.01 Å². The predicted octanol–water partition coefficient (Wildman–Crippen LogP) is 2.83. The lowest BCUT2D eigenvalue weighted by molar-refractivity contribution is 0.102. The van der Waals surface area contributed by atoms with Crippen molar-refractivity contribution in [2.45, 2.75) is 32.1 Å². The standard InChI is InChI=1S/C10H12ClNOS/c11-6-8(13)10-12-7-4-2-1-3-5-9(7)14-10/h1-6H2. The Labute approximate surface area is 92.3 Å². The second-order valence-electron chi connectivity index (χ2n) is 3.51. The van der Waals surface area contributed by atoms with Crippen molar-refractivity contribution in [3.63, 3.8) is 0 Å². The molecule has 0 bridgehead atoms. The quantitative estimate of drug-likeness (QED) is 0.444. The fraction of sp³-hybridized carbons (Fsp3) is 0.600. The minimum absolute atomic E-state index is 0.0373. The third kappa shape index (κ3) is 1.98. The van der Waals surface area contributed by atoms with Gasteiger partial charge >= 0.3 is 0 Å². The highest BCUT2D eigenvalue weighted by molar-refractivity contribution is 7.13. The molecular formula is C10H12ClNOS. The molecule has 1 aromatic heterocycles. The Morgan fingerprint density at radius 2 is 2.14 bits per heavy atom. The van der Waals surface area contributed by atoms with Crippen LogP contribution in [0.4, 0.5) is 0 Å². The summed E-state index contributed by atoms with van der Waals surface area (Å²) < 4.78 is 0. The van der Waals surface area contributed by atoms with Crippen molar-refractivity contribution in [3.05, 3.63) is 15.6 Å². The number of hydrogen-bond donors (Lipinski definition) is 0. The maximum Gasteiger partial charge on any atom is 0.206 e. The fourth-order valence-corrected chi connectivity index (χ4v) is 3.00. The summed E-state index contributed by atoms with van der Waals surface area (Å²) in [5.74, 6) is 0.0107. The van der Waals surface area contributed by atoms with Crippen LogP contribution in [0.25, 0.3) is 0 Å². The molecule has 0 saturated heterocycles. The average Bonchev–Trinajstić information content (AvgIpc) is 2.49. The minimum atomic E-state index is -0.0373. The van der Waals surface area contributed by atoms with E-state index in [1.807, 2.05) is 0 Å². The van der Waals surface area contributed by atoms with Crippen molar-refractivity contribution >= 4 is 28.7 Å². The number of ketones is 1. The van der Waals surface area contributed by atoms with Gasteiger partial charge < -0.3 is 0 Å². The molecule has 0 N–H and O–H groups in total. The number of carbonyl (C=O) groups excluding carboxylic acids is 1. The Hall–Kier alpha value is -0.410. The summed E-state index contributed by atoms with van der Waals surface area (Å²) in [6, 6.07) is 0. The van der Waals surface area contributed by atoms with E-state index in [1.54, 1.807) is 0 Å². The summed E-state index contributed by atoms with van der Waals surface area (Å²) in [5, 5.41) is 0.604. The third-order valence-electron chi connectivity index (χ3n) is 2.46. The molecule has 1 aromatic rings. The van der Waals surface area contributed by atoms with Gasteiger partial charge in [0.25, 0.3) is 0 Å². The third-order valence-corrected chi connectivity index (χ3v) is 3.90. The molecule has 0 unspecified atom stereocenters. The summed E-state index contributed by atoms with van der Waals surface area (Å²) in [5.41, 5.74) is 1.14. The average molecular weight is 230 g/mol. The largest absolute Gasteiger partial charge is 0.290 e. The van der Waals surface area contributed by atoms with E-state index >= 15 is 0 Å². The number of hydrogen-bond acceptors (Lipinski definition) is 3. The Balaban J connectivity index is 2.26. The van der Waals surface area contributed by atoms with Crippen LogP contribution in [0.5, 0.6) is 0 Å². The number of fused-ring (bicyclic) bond motifs is 1. The molecule has 1 aliphatic carbocycles. The van der Waals surface area contributed by atoms with Crippen LogP contribution in [0, 0.1) is 0 Å². The Morgan fingerprint density at radius 1 is 1.36 bits per heavy atom. The van der Waals surface area contributed by atoms with E-state index in [-0.39, 0.29) is 11.7 Å². The molecule has 0 atom stereocenters. The molecular weight excluding hydrogens is 218 g/mol. The molecule has 2 rings (SSSR count). The summed E-state index contributed by atoms with van der Waals surface area (Å²) >= 11 is 7.04. The van der Waals surface area contributed by atoms with Gasteiger partial charge in [0.1, 0.15) is 0 Å². The Morgan fingerprint density at radius 3 is 2.93 bits per heavy atom. The maximum absolute atomic E-state index is 11.3. The monoisotopic (exact) mass is 229 g/mol. The second-order valence-corrected chi connectivity index (χ2v) is 4.86. The zero-order chi connectivity index (χ0) is 9.97. The molecule has 4 heteroatoms. The first kappa shape index (κ1) is 10.1. The van der Waals surface area contributed by atoms with Crippen LogP contribution in [0.1, 0.15) is 39.6 Å². The first-order valence-corrected chi connectivity index (χ1v) is 6.24. The van der Waals surface area contributed by atoms with E-state index in [1.165, 1.54) is 35.5 Å². The SMILES string of the molecule is O=C(CCl)c1nc2c(s1)CCCCC2. The molecule has 2 nitrogen and oxygen atoms in total. The summed E-state index contributed by atoms with van der Waals surface area (Å²) in [6.07, 6.45) is 5.82. The number of carbonyl (C=O) groups is 1. The van der Waals surface area contributed by atoms with Gasteiger partial charge in [-0.15, -0.1) is 22.9 Å². The van der Waals surface area contributed by atoms with Crippen molar-refractivity contribution < 1.29 is 4.79 Å². The summed E-state index contributed by atoms with van der Waals surface area (Å²) in [7, 11) is 0. The van der Waals surface area contributed by atoms with Gasteiger partial charge in [0, 0.05) is 4.88 Å². The van der Waals surface area contributed by atoms with Crippen molar-refractivity contribution in [3.8, 4) is 0 Å². The fourth-order valence-electron chi connectivity index (χ4n) is 1.71. The molecule has 1 aliphatic rings. The first-order valence-electron chi connectivity index (χ1n) is 4.89. The normalized spacial score (nSPS) is 16.1. The molecule has 0 fully saturated rings. The number of rotatable bonds is 2.